The zero-order valence-electron chi connectivity index (χ0n) is 66.4. The maximum Gasteiger partial charge on any atom is 0.472 e. The Morgan fingerprint density at radius 2 is 0.505 bits per heavy atom. The average Bonchev–Trinajstić information content (AvgIpc) is 0.923. The van der Waals surface area contributed by atoms with E-state index < -0.39 is 97.5 Å². The van der Waals surface area contributed by atoms with E-state index in [0.29, 0.717) is 25.7 Å². The van der Waals surface area contributed by atoms with Crippen molar-refractivity contribution in [1.82, 2.24) is 0 Å². The van der Waals surface area contributed by atoms with Crippen molar-refractivity contribution in [2.45, 2.75) is 446 Å². The Kier molecular flexibility index (Phi) is 70.9. The van der Waals surface area contributed by atoms with E-state index in [1.54, 1.807) is 0 Å². The summed E-state index contributed by atoms with van der Waals surface area (Å²) in [5.74, 6) is 0.248. The number of ether oxygens (including phenoxy) is 4. The molecule has 3 N–H and O–H groups in total. The number of carbonyl (C=O) groups excluding carboxylic acids is 4. The third-order valence-corrected chi connectivity index (χ3v) is 21.4. The highest BCUT2D eigenvalue weighted by Crippen LogP contribution is 2.45. The van der Waals surface area contributed by atoms with Gasteiger partial charge in [-0.1, -0.05) is 376 Å². The van der Waals surface area contributed by atoms with Crippen LogP contribution in [0.1, 0.15) is 427 Å². The zero-order valence-corrected chi connectivity index (χ0v) is 68.2. The molecule has 0 heterocycles. The Bertz CT molecular complexity index is 1960. The molecule has 3 unspecified atom stereocenters. The van der Waals surface area contributed by atoms with Crippen LogP contribution >= 0.6 is 15.6 Å². The lowest BCUT2D eigenvalue weighted by Crippen LogP contribution is -2.30. The molecule has 0 rings (SSSR count). The van der Waals surface area contributed by atoms with Gasteiger partial charge in [-0.25, -0.2) is 9.13 Å². The van der Waals surface area contributed by atoms with Crippen LogP contribution in [0.15, 0.2) is 0 Å². The van der Waals surface area contributed by atoms with E-state index >= 15 is 0 Å². The van der Waals surface area contributed by atoms with Gasteiger partial charge in [-0.15, -0.1) is 0 Å². The summed E-state index contributed by atoms with van der Waals surface area (Å²) in [7, 11) is -9.92. The first-order valence-corrected chi connectivity index (χ1v) is 45.4. The first-order valence-electron chi connectivity index (χ1n) is 42.4. The summed E-state index contributed by atoms with van der Waals surface area (Å²) < 4.78 is 68.8. The van der Waals surface area contributed by atoms with Crippen molar-refractivity contribution in [1.29, 1.82) is 0 Å². The van der Waals surface area contributed by atoms with Crippen LogP contribution in [0.2, 0.25) is 0 Å². The molecule has 0 radical (unpaired) electrons. The Labute approximate surface area is 619 Å². The van der Waals surface area contributed by atoms with E-state index in [1.807, 2.05) is 0 Å². The van der Waals surface area contributed by atoms with E-state index in [-0.39, 0.29) is 25.7 Å². The highest BCUT2D eigenvalue weighted by molar-refractivity contribution is 7.47. The van der Waals surface area contributed by atoms with Crippen LogP contribution in [0.25, 0.3) is 0 Å². The molecule has 17 nitrogen and oxygen atoms in total. The molecule has 0 aromatic heterocycles. The van der Waals surface area contributed by atoms with Gasteiger partial charge in [0, 0.05) is 25.7 Å². The van der Waals surface area contributed by atoms with E-state index in [0.717, 1.165) is 108 Å². The molecule has 600 valence electrons. The van der Waals surface area contributed by atoms with Gasteiger partial charge in [0.25, 0.3) is 0 Å². The molecule has 0 aromatic rings. The topological polar surface area (TPSA) is 237 Å². The lowest BCUT2D eigenvalue weighted by atomic mass is 9.99. The van der Waals surface area contributed by atoms with Crippen LogP contribution < -0.4 is 0 Å². The second-order valence-electron chi connectivity index (χ2n) is 30.7. The third-order valence-electron chi connectivity index (χ3n) is 19.5. The molecule has 0 saturated heterocycles. The van der Waals surface area contributed by atoms with Gasteiger partial charge in [0.15, 0.2) is 12.2 Å². The number of esters is 4. The summed E-state index contributed by atoms with van der Waals surface area (Å²) in [5.41, 5.74) is 0. The zero-order chi connectivity index (χ0) is 74.4. The fraction of sp³-hybridized carbons (Fsp3) is 0.951. The average molecular weight is 1480 g/mol. The van der Waals surface area contributed by atoms with Crippen molar-refractivity contribution < 1.29 is 80.2 Å². The number of unbranched alkanes of at least 4 members (excludes halogenated alkanes) is 47. The molecule has 0 amide bonds. The van der Waals surface area contributed by atoms with Crippen LogP contribution in [0.5, 0.6) is 0 Å². The Morgan fingerprint density at radius 3 is 0.752 bits per heavy atom. The summed E-state index contributed by atoms with van der Waals surface area (Å²) in [6, 6.07) is 0. The largest absolute Gasteiger partial charge is 0.472 e. The van der Waals surface area contributed by atoms with Crippen molar-refractivity contribution in [3.05, 3.63) is 0 Å². The molecule has 0 bridgehead atoms. The molecule has 0 spiro atoms. The predicted molar refractivity (Wildman–Crippen MR) is 414 cm³/mol. The highest BCUT2D eigenvalue weighted by atomic mass is 31.2. The van der Waals surface area contributed by atoms with Gasteiger partial charge in [0.1, 0.15) is 19.3 Å². The summed E-state index contributed by atoms with van der Waals surface area (Å²) in [4.78, 5) is 73.1. The van der Waals surface area contributed by atoms with Crippen molar-refractivity contribution >= 4 is 39.5 Å². The van der Waals surface area contributed by atoms with Crippen molar-refractivity contribution in [3.8, 4) is 0 Å². The van der Waals surface area contributed by atoms with Crippen molar-refractivity contribution in [2.24, 2.45) is 17.8 Å². The minimum atomic E-state index is -4.96. The monoisotopic (exact) mass is 1480 g/mol. The lowest BCUT2D eigenvalue weighted by molar-refractivity contribution is -0.161. The molecule has 19 heteroatoms. The van der Waals surface area contributed by atoms with E-state index in [2.05, 4.69) is 48.5 Å². The number of hydrogen-bond acceptors (Lipinski definition) is 15. The maximum absolute atomic E-state index is 13.1. The molecule has 101 heavy (non-hydrogen) atoms. The molecule has 0 saturated carbocycles. The summed E-state index contributed by atoms with van der Waals surface area (Å²) in [6.07, 6.45) is 60.9. The molecule has 6 atom stereocenters. The smallest absolute Gasteiger partial charge is 0.462 e. The van der Waals surface area contributed by atoms with E-state index in [9.17, 15) is 43.2 Å². The van der Waals surface area contributed by atoms with Crippen LogP contribution in [-0.4, -0.2) is 96.7 Å². The molecular formula is C82H160O17P2. The lowest BCUT2D eigenvalue weighted by Gasteiger charge is -2.21. The maximum atomic E-state index is 13.1. The van der Waals surface area contributed by atoms with Gasteiger partial charge < -0.3 is 33.8 Å². The van der Waals surface area contributed by atoms with Crippen LogP contribution in [0, 0.1) is 17.8 Å². The summed E-state index contributed by atoms with van der Waals surface area (Å²) in [5, 5.41) is 10.7. The highest BCUT2D eigenvalue weighted by Gasteiger charge is 2.30. The minimum Gasteiger partial charge on any atom is -0.462 e. The number of rotatable bonds is 80. The standard InChI is InChI=1S/C82H160O17P2/c1-8-10-11-12-13-14-15-16-17-18-19-23-26-35-42-49-56-63-79(84)92-69-77(98-81(86)65-58-51-44-37-27-24-21-20-22-25-34-41-48-55-62-75(7)9-2)71-96-100(88,89)94-67-76(83)68-95-101(90,91)97-72-78(99-82(87)66-59-52-45-38-31-29-33-40-47-54-61-74(5)6)70-93-80(85)64-57-50-43-36-30-28-32-39-46-53-60-73(3)4/h73-78,83H,8-72H2,1-7H3,(H,88,89)(H,90,91)/t75?,76-,77-,78-/m1/s1. The molecule has 0 fully saturated rings. The number of carbonyl (C=O) groups is 4. The number of aliphatic hydroxyl groups excluding tert-OH is 1. The van der Waals surface area contributed by atoms with Gasteiger partial charge in [0.05, 0.1) is 26.4 Å². The van der Waals surface area contributed by atoms with Crippen molar-refractivity contribution in [3.63, 3.8) is 0 Å². The first kappa shape index (κ1) is 99.1. The molecule has 0 aliphatic rings. The first-order chi connectivity index (χ1) is 48.8. The Balaban J connectivity index is 5.27. The molecule has 0 aromatic carbocycles. The molecular weight excluding hydrogens is 1320 g/mol. The minimum absolute atomic E-state index is 0.106. The van der Waals surface area contributed by atoms with Crippen molar-refractivity contribution in [2.75, 3.05) is 39.6 Å². The number of phosphoric acid groups is 2. The number of aliphatic hydroxyl groups is 1. The normalized spacial score (nSPS) is 14.2. The number of hydrogen-bond donors (Lipinski definition) is 3. The second-order valence-corrected chi connectivity index (χ2v) is 33.6. The molecule has 0 aliphatic carbocycles. The van der Waals surface area contributed by atoms with Gasteiger partial charge >= 0.3 is 39.5 Å². The predicted octanol–water partition coefficient (Wildman–Crippen LogP) is 24.5. The SMILES string of the molecule is CCCCCCCCCCCCCCCCCCCC(=O)OC[C@H](COP(=O)(O)OC[C@@H](O)COP(=O)(O)OC[C@@H](COC(=O)CCCCCCCCCCCCC(C)C)OC(=O)CCCCCCCCCCCCC(C)C)OC(=O)CCCCCCCCCCCCCCCCC(C)CC. The van der Waals surface area contributed by atoms with Gasteiger partial charge in [-0.3, -0.25) is 37.3 Å². The third kappa shape index (κ3) is 74.7. The van der Waals surface area contributed by atoms with Gasteiger partial charge in [0.2, 0.25) is 0 Å². The van der Waals surface area contributed by atoms with Crippen LogP contribution in [-0.2, 0) is 65.4 Å². The fourth-order valence-corrected chi connectivity index (χ4v) is 14.2. The summed E-state index contributed by atoms with van der Waals surface area (Å²) in [6.45, 7) is 12.0. The van der Waals surface area contributed by atoms with E-state index in [4.69, 9.17) is 37.0 Å². The van der Waals surface area contributed by atoms with Crippen LogP contribution in [0.4, 0.5) is 0 Å². The molecule has 0 aliphatic heterocycles. The fourth-order valence-electron chi connectivity index (χ4n) is 12.6. The Hall–Kier alpha value is -1.94. The quantitative estimate of drug-likeness (QED) is 0.0222. The second kappa shape index (κ2) is 72.3. The van der Waals surface area contributed by atoms with E-state index in [1.165, 1.54) is 238 Å². The van der Waals surface area contributed by atoms with Gasteiger partial charge in [-0.2, -0.15) is 0 Å². The Morgan fingerprint density at radius 1 is 0.287 bits per heavy atom. The number of phosphoric ester groups is 2. The van der Waals surface area contributed by atoms with Gasteiger partial charge in [-0.05, 0) is 43.4 Å². The summed E-state index contributed by atoms with van der Waals surface area (Å²) >= 11 is 0. The van der Waals surface area contributed by atoms with Crippen LogP contribution in [0.3, 0.4) is 0 Å².